The lowest BCUT2D eigenvalue weighted by molar-refractivity contribution is 0.0662. The fourth-order valence-corrected chi connectivity index (χ4v) is 2.90. The van der Waals surface area contributed by atoms with Crippen molar-refractivity contribution in [3.63, 3.8) is 0 Å². The smallest absolute Gasteiger partial charge is 0.230 e. The highest BCUT2D eigenvalue weighted by molar-refractivity contribution is 6.42. The summed E-state index contributed by atoms with van der Waals surface area (Å²) in [5.41, 5.74) is 2.00. The molecule has 2 aliphatic rings. The zero-order valence-electron chi connectivity index (χ0n) is 12.3. The minimum Gasteiger partial charge on any atom is -0.480 e. The summed E-state index contributed by atoms with van der Waals surface area (Å²) < 4.78 is 12.6. The van der Waals surface area contributed by atoms with E-state index in [0.29, 0.717) is 23.6 Å². The molecule has 1 fully saturated rings. The first kappa shape index (κ1) is 14.4. The summed E-state index contributed by atoms with van der Waals surface area (Å²) in [5.74, 6) is 0.474. The topological polar surface area (TPSA) is 51.9 Å². The van der Waals surface area contributed by atoms with E-state index in [1.807, 2.05) is 22.7 Å². The van der Waals surface area contributed by atoms with Crippen molar-refractivity contribution < 1.29 is 9.47 Å². The van der Waals surface area contributed by atoms with Gasteiger partial charge in [-0.3, -0.25) is 4.68 Å². The normalized spacial score (nSPS) is 20.2. The highest BCUT2D eigenvalue weighted by atomic mass is 35.5. The summed E-state index contributed by atoms with van der Waals surface area (Å²) in [5, 5.41) is 5.14. The van der Waals surface area contributed by atoms with Crippen LogP contribution in [0.1, 0.15) is 24.6 Å². The first-order valence-electron chi connectivity index (χ1n) is 7.05. The summed E-state index contributed by atoms with van der Waals surface area (Å²) in [6, 6.07) is 0.411. The van der Waals surface area contributed by atoms with Crippen LogP contribution in [-0.2, 0) is 9.47 Å². The Balaban J connectivity index is 1.80. The summed E-state index contributed by atoms with van der Waals surface area (Å²) in [6.45, 7) is 4.09. The Morgan fingerprint density at radius 2 is 2.14 bits per heavy atom. The molecule has 1 aromatic heterocycles. The van der Waals surface area contributed by atoms with Crippen LogP contribution < -0.4 is 4.90 Å². The van der Waals surface area contributed by atoms with Gasteiger partial charge in [0.2, 0.25) is 5.90 Å². The molecular weight excluding hydrogens is 292 g/mol. The molecule has 0 radical (unpaired) electrons. The Hall–Kier alpha value is -1.53. The quantitative estimate of drug-likeness (QED) is 0.842. The molecule has 0 aromatic carbocycles. The maximum Gasteiger partial charge on any atom is 0.230 e. The average Bonchev–Trinajstić information content (AvgIpc) is 2.90. The van der Waals surface area contributed by atoms with Crippen molar-refractivity contribution in [2.24, 2.45) is 4.99 Å². The molecule has 1 aromatic rings. The molecule has 0 N–H and O–H groups in total. The number of hydrogen-bond acceptors (Lipinski definition) is 5. The number of halogens is 1. The van der Waals surface area contributed by atoms with Crippen LogP contribution in [0.4, 0.5) is 5.69 Å². The number of aliphatic imine (C=N–C) groups is 1. The van der Waals surface area contributed by atoms with E-state index in [1.165, 1.54) is 0 Å². The second-order valence-electron chi connectivity index (χ2n) is 5.18. The van der Waals surface area contributed by atoms with E-state index < -0.39 is 0 Å². The highest BCUT2D eigenvalue weighted by Gasteiger charge is 2.21. The van der Waals surface area contributed by atoms with Crippen LogP contribution in [0.25, 0.3) is 0 Å². The van der Waals surface area contributed by atoms with E-state index in [1.54, 1.807) is 7.11 Å². The van der Waals surface area contributed by atoms with E-state index in [-0.39, 0.29) is 0 Å². The molecule has 0 amide bonds. The second-order valence-corrected chi connectivity index (χ2v) is 5.59. The van der Waals surface area contributed by atoms with Crippen molar-refractivity contribution in [2.75, 3.05) is 31.9 Å². The maximum atomic E-state index is 6.16. The third-order valence-electron chi connectivity index (χ3n) is 3.80. The van der Waals surface area contributed by atoms with Crippen LogP contribution >= 0.6 is 11.6 Å². The lowest BCUT2D eigenvalue weighted by atomic mass is 10.1. The van der Waals surface area contributed by atoms with Gasteiger partial charge in [0.05, 0.1) is 24.5 Å². The van der Waals surface area contributed by atoms with Gasteiger partial charge in [0.15, 0.2) is 0 Å². The highest BCUT2D eigenvalue weighted by Crippen LogP contribution is 2.27. The van der Waals surface area contributed by atoms with Gasteiger partial charge in [0.25, 0.3) is 0 Å². The SMILES string of the molecule is COC1=NCN(c2cn(C3CCOCC3)nc2C)C=C1Cl. The van der Waals surface area contributed by atoms with E-state index in [4.69, 9.17) is 21.1 Å². The summed E-state index contributed by atoms with van der Waals surface area (Å²) >= 11 is 6.16. The molecule has 0 aliphatic carbocycles. The van der Waals surface area contributed by atoms with Gasteiger partial charge in [-0.1, -0.05) is 11.6 Å². The molecule has 6 nitrogen and oxygen atoms in total. The van der Waals surface area contributed by atoms with Gasteiger partial charge in [-0.2, -0.15) is 5.10 Å². The number of nitrogens with zero attached hydrogens (tertiary/aromatic N) is 4. The number of methoxy groups -OCH3 is 1. The molecule has 21 heavy (non-hydrogen) atoms. The first-order valence-corrected chi connectivity index (χ1v) is 7.43. The number of anilines is 1. The molecule has 3 rings (SSSR count). The predicted octanol–water partition coefficient (Wildman–Crippen LogP) is 2.45. The van der Waals surface area contributed by atoms with Gasteiger partial charge in [-0.05, 0) is 19.8 Å². The third kappa shape index (κ3) is 2.91. The van der Waals surface area contributed by atoms with Gasteiger partial charge in [0, 0.05) is 25.6 Å². The van der Waals surface area contributed by atoms with Crippen molar-refractivity contribution in [1.82, 2.24) is 9.78 Å². The molecule has 0 saturated carbocycles. The monoisotopic (exact) mass is 310 g/mol. The molecule has 3 heterocycles. The minimum absolute atomic E-state index is 0.411. The van der Waals surface area contributed by atoms with E-state index in [9.17, 15) is 0 Å². The van der Waals surface area contributed by atoms with Gasteiger partial charge in [-0.15, -0.1) is 0 Å². The van der Waals surface area contributed by atoms with Crippen molar-refractivity contribution in [1.29, 1.82) is 0 Å². The van der Waals surface area contributed by atoms with E-state index >= 15 is 0 Å². The molecular formula is C14H19ClN4O2. The Morgan fingerprint density at radius 1 is 1.38 bits per heavy atom. The lowest BCUT2D eigenvalue weighted by Gasteiger charge is -2.23. The average molecular weight is 311 g/mol. The molecule has 0 spiro atoms. The summed E-state index contributed by atoms with van der Waals surface area (Å²) in [4.78, 5) is 6.30. The van der Waals surface area contributed by atoms with Crippen LogP contribution in [0.15, 0.2) is 22.4 Å². The number of aryl methyl sites for hydroxylation is 1. The minimum atomic E-state index is 0.411. The van der Waals surface area contributed by atoms with Crippen molar-refractivity contribution in [3.05, 3.63) is 23.1 Å². The van der Waals surface area contributed by atoms with Crippen LogP contribution in [-0.4, -0.2) is 42.7 Å². The fraction of sp³-hybridized carbons (Fsp3) is 0.571. The van der Waals surface area contributed by atoms with Crippen LogP contribution in [0, 0.1) is 6.92 Å². The second kappa shape index (κ2) is 6.07. The third-order valence-corrected chi connectivity index (χ3v) is 4.06. The Bertz CT molecular complexity index is 576. The number of aromatic nitrogens is 2. The molecule has 0 unspecified atom stereocenters. The molecule has 0 atom stereocenters. The zero-order valence-corrected chi connectivity index (χ0v) is 13.0. The summed E-state index contributed by atoms with van der Waals surface area (Å²) in [6.07, 6.45) is 5.91. The van der Waals surface area contributed by atoms with Gasteiger partial charge in [-0.25, -0.2) is 4.99 Å². The Kier molecular flexibility index (Phi) is 4.17. The molecule has 114 valence electrons. The first-order chi connectivity index (χ1) is 10.2. The zero-order chi connectivity index (χ0) is 14.8. The largest absolute Gasteiger partial charge is 0.480 e. The van der Waals surface area contributed by atoms with Gasteiger partial charge in [0.1, 0.15) is 11.7 Å². The number of hydrogen-bond donors (Lipinski definition) is 0. The lowest BCUT2D eigenvalue weighted by Crippen LogP contribution is -2.24. The van der Waals surface area contributed by atoms with E-state index in [2.05, 4.69) is 16.3 Å². The van der Waals surface area contributed by atoms with E-state index in [0.717, 1.165) is 37.4 Å². The molecule has 1 saturated heterocycles. The van der Waals surface area contributed by atoms with Crippen molar-refractivity contribution in [2.45, 2.75) is 25.8 Å². The number of rotatable bonds is 2. The summed E-state index contributed by atoms with van der Waals surface area (Å²) in [7, 11) is 1.57. The van der Waals surface area contributed by atoms with Crippen molar-refractivity contribution in [3.8, 4) is 0 Å². The Labute approximate surface area is 129 Å². The standard InChI is InChI=1S/C14H19ClN4O2/c1-10-13(18-7-12(15)14(20-2)16-9-18)8-19(17-10)11-3-5-21-6-4-11/h7-8,11H,3-6,9H2,1-2H3. The number of ether oxygens (including phenoxy) is 2. The molecule has 7 heteroatoms. The van der Waals surface area contributed by atoms with Crippen LogP contribution in [0.2, 0.25) is 0 Å². The molecule has 2 aliphatic heterocycles. The van der Waals surface area contributed by atoms with Gasteiger partial charge >= 0.3 is 0 Å². The van der Waals surface area contributed by atoms with Crippen molar-refractivity contribution >= 4 is 23.2 Å². The van der Waals surface area contributed by atoms with Crippen LogP contribution in [0.5, 0.6) is 0 Å². The predicted molar refractivity (Wildman–Crippen MR) is 81.8 cm³/mol. The van der Waals surface area contributed by atoms with Crippen LogP contribution in [0.3, 0.4) is 0 Å². The maximum absolute atomic E-state index is 6.16. The fourth-order valence-electron chi connectivity index (χ4n) is 2.65. The molecule has 0 bridgehead atoms. The van der Waals surface area contributed by atoms with Gasteiger partial charge < -0.3 is 14.4 Å². The Morgan fingerprint density at radius 3 is 2.81 bits per heavy atom.